The number of benzene rings is 1. The molecular formula is C14H21NO. The largest absolute Gasteiger partial charge is 0.382 e. The molecule has 2 nitrogen and oxygen atoms in total. The fraction of sp³-hybridized carbons (Fsp3) is 0.571. The maximum absolute atomic E-state index is 5.76. The molecule has 1 fully saturated rings. The number of anilines is 1. The van der Waals surface area contributed by atoms with Crippen LogP contribution in [0, 0.1) is 0 Å². The Hall–Kier alpha value is -1.02. The van der Waals surface area contributed by atoms with E-state index in [0.29, 0.717) is 12.6 Å². The standard InChI is InChI=1S/C14H21NO/c1-14(2,3)16-10-11-5-4-6-13(9-11)15-12-7-8-12/h4-6,9,12,15H,7-8,10H2,1-3H3. The van der Waals surface area contributed by atoms with Crippen LogP contribution in [0.3, 0.4) is 0 Å². The first-order valence-electron chi connectivity index (χ1n) is 6.02. The van der Waals surface area contributed by atoms with Crippen molar-refractivity contribution in [3.05, 3.63) is 29.8 Å². The monoisotopic (exact) mass is 219 g/mol. The first kappa shape index (κ1) is 11.5. The van der Waals surface area contributed by atoms with E-state index in [1.165, 1.54) is 24.1 Å². The first-order valence-corrected chi connectivity index (χ1v) is 6.02. The molecule has 0 atom stereocenters. The van der Waals surface area contributed by atoms with E-state index in [4.69, 9.17) is 4.74 Å². The summed E-state index contributed by atoms with van der Waals surface area (Å²) >= 11 is 0. The Bertz CT molecular complexity index is 350. The van der Waals surface area contributed by atoms with Crippen molar-refractivity contribution in [3.8, 4) is 0 Å². The Kier molecular flexibility index (Phi) is 3.20. The summed E-state index contributed by atoms with van der Waals surface area (Å²) in [7, 11) is 0. The quantitative estimate of drug-likeness (QED) is 0.835. The number of hydrogen-bond acceptors (Lipinski definition) is 2. The summed E-state index contributed by atoms with van der Waals surface area (Å²) in [4.78, 5) is 0. The molecule has 1 aromatic rings. The highest BCUT2D eigenvalue weighted by molar-refractivity contribution is 5.47. The second-order valence-corrected chi connectivity index (χ2v) is 5.52. The summed E-state index contributed by atoms with van der Waals surface area (Å²) in [5.74, 6) is 0. The molecule has 1 aliphatic rings. The van der Waals surface area contributed by atoms with Crippen LogP contribution in [0.4, 0.5) is 5.69 Å². The van der Waals surface area contributed by atoms with E-state index >= 15 is 0 Å². The van der Waals surface area contributed by atoms with Crippen LogP contribution < -0.4 is 5.32 Å². The average Bonchev–Trinajstić information content (AvgIpc) is 2.98. The third-order valence-electron chi connectivity index (χ3n) is 2.55. The van der Waals surface area contributed by atoms with Gasteiger partial charge in [-0.1, -0.05) is 12.1 Å². The van der Waals surface area contributed by atoms with Gasteiger partial charge in [0, 0.05) is 11.7 Å². The maximum Gasteiger partial charge on any atom is 0.0724 e. The van der Waals surface area contributed by atoms with Crippen molar-refractivity contribution in [3.63, 3.8) is 0 Å². The summed E-state index contributed by atoms with van der Waals surface area (Å²) < 4.78 is 5.76. The molecule has 0 aliphatic heterocycles. The fourth-order valence-electron chi connectivity index (χ4n) is 1.51. The maximum atomic E-state index is 5.76. The summed E-state index contributed by atoms with van der Waals surface area (Å²) in [6, 6.07) is 9.22. The Morgan fingerprint density at radius 2 is 2.06 bits per heavy atom. The molecule has 0 saturated heterocycles. The number of hydrogen-bond donors (Lipinski definition) is 1. The van der Waals surface area contributed by atoms with Crippen molar-refractivity contribution in [1.29, 1.82) is 0 Å². The van der Waals surface area contributed by atoms with E-state index < -0.39 is 0 Å². The van der Waals surface area contributed by atoms with Gasteiger partial charge in [0.15, 0.2) is 0 Å². The van der Waals surface area contributed by atoms with E-state index in [9.17, 15) is 0 Å². The summed E-state index contributed by atoms with van der Waals surface area (Å²) in [5.41, 5.74) is 2.39. The molecule has 1 aliphatic carbocycles. The molecule has 88 valence electrons. The predicted octanol–water partition coefficient (Wildman–Crippen LogP) is 3.58. The topological polar surface area (TPSA) is 21.3 Å². The normalized spacial score (nSPS) is 16.2. The molecule has 1 N–H and O–H groups in total. The van der Waals surface area contributed by atoms with E-state index in [2.05, 4.69) is 50.4 Å². The minimum atomic E-state index is -0.0695. The van der Waals surface area contributed by atoms with Crippen molar-refractivity contribution >= 4 is 5.69 Å². The summed E-state index contributed by atoms with van der Waals surface area (Å²) in [6.45, 7) is 6.93. The Labute approximate surface area is 98.0 Å². The summed E-state index contributed by atoms with van der Waals surface area (Å²) in [5, 5.41) is 3.50. The lowest BCUT2D eigenvalue weighted by atomic mass is 10.1. The van der Waals surface area contributed by atoms with Crippen LogP contribution in [0.15, 0.2) is 24.3 Å². The van der Waals surface area contributed by atoms with Crippen LogP contribution in [-0.2, 0) is 11.3 Å². The van der Waals surface area contributed by atoms with Gasteiger partial charge in [0.2, 0.25) is 0 Å². The Balaban J connectivity index is 1.92. The van der Waals surface area contributed by atoms with Gasteiger partial charge in [-0.3, -0.25) is 0 Å². The molecule has 2 heteroatoms. The van der Waals surface area contributed by atoms with Crippen LogP contribution in [0.25, 0.3) is 0 Å². The lowest BCUT2D eigenvalue weighted by molar-refractivity contribution is -0.0149. The molecule has 0 spiro atoms. The van der Waals surface area contributed by atoms with Crippen LogP contribution >= 0.6 is 0 Å². The Morgan fingerprint density at radius 3 is 2.69 bits per heavy atom. The average molecular weight is 219 g/mol. The lowest BCUT2D eigenvalue weighted by Gasteiger charge is -2.19. The Morgan fingerprint density at radius 1 is 1.31 bits per heavy atom. The van der Waals surface area contributed by atoms with Gasteiger partial charge in [0.05, 0.1) is 12.2 Å². The van der Waals surface area contributed by atoms with Gasteiger partial charge in [0.1, 0.15) is 0 Å². The zero-order valence-electron chi connectivity index (χ0n) is 10.4. The number of ether oxygens (including phenoxy) is 1. The molecule has 1 aromatic carbocycles. The van der Waals surface area contributed by atoms with Crippen LogP contribution in [0.1, 0.15) is 39.2 Å². The van der Waals surface area contributed by atoms with Gasteiger partial charge in [-0.15, -0.1) is 0 Å². The second kappa shape index (κ2) is 4.46. The highest BCUT2D eigenvalue weighted by Crippen LogP contribution is 2.25. The lowest BCUT2D eigenvalue weighted by Crippen LogP contribution is -2.18. The third-order valence-corrected chi connectivity index (χ3v) is 2.55. The molecule has 0 amide bonds. The molecule has 0 heterocycles. The van der Waals surface area contributed by atoms with E-state index in [0.717, 1.165) is 0 Å². The van der Waals surface area contributed by atoms with Gasteiger partial charge in [0.25, 0.3) is 0 Å². The molecular weight excluding hydrogens is 198 g/mol. The van der Waals surface area contributed by atoms with E-state index in [1.807, 2.05) is 0 Å². The van der Waals surface area contributed by atoms with Gasteiger partial charge >= 0.3 is 0 Å². The highest BCUT2D eigenvalue weighted by Gasteiger charge is 2.20. The number of rotatable bonds is 4. The molecule has 2 rings (SSSR count). The van der Waals surface area contributed by atoms with Crippen molar-refractivity contribution in [1.82, 2.24) is 0 Å². The summed E-state index contributed by atoms with van der Waals surface area (Å²) in [6.07, 6.45) is 2.62. The SMILES string of the molecule is CC(C)(C)OCc1cccc(NC2CC2)c1. The zero-order valence-corrected chi connectivity index (χ0v) is 10.4. The van der Waals surface area contributed by atoms with Gasteiger partial charge < -0.3 is 10.1 Å². The van der Waals surface area contributed by atoms with Crippen LogP contribution in [0.5, 0.6) is 0 Å². The molecule has 0 bridgehead atoms. The molecule has 0 unspecified atom stereocenters. The first-order chi connectivity index (χ1) is 7.53. The van der Waals surface area contributed by atoms with E-state index in [-0.39, 0.29) is 5.60 Å². The molecule has 0 radical (unpaired) electrons. The molecule has 1 saturated carbocycles. The van der Waals surface area contributed by atoms with Crippen molar-refractivity contribution in [2.75, 3.05) is 5.32 Å². The zero-order chi connectivity index (χ0) is 11.6. The number of nitrogens with one attached hydrogen (secondary N) is 1. The smallest absolute Gasteiger partial charge is 0.0724 e. The van der Waals surface area contributed by atoms with E-state index in [1.54, 1.807) is 0 Å². The fourth-order valence-corrected chi connectivity index (χ4v) is 1.51. The molecule has 16 heavy (non-hydrogen) atoms. The minimum Gasteiger partial charge on any atom is -0.382 e. The van der Waals surface area contributed by atoms with Crippen LogP contribution in [-0.4, -0.2) is 11.6 Å². The van der Waals surface area contributed by atoms with Crippen molar-refractivity contribution < 1.29 is 4.74 Å². The van der Waals surface area contributed by atoms with Gasteiger partial charge in [-0.2, -0.15) is 0 Å². The van der Waals surface area contributed by atoms with Gasteiger partial charge in [-0.25, -0.2) is 0 Å². The van der Waals surface area contributed by atoms with Crippen molar-refractivity contribution in [2.45, 2.75) is 51.9 Å². The highest BCUT2D eigenvalue weighted by atomic mass is 16.5. The van der Waals surface area contributed by atoms with Crippen LogP contribution in [0.2, 0.25) is 0 Å². The predicted molar refractivity (Wildman–Crippen MR) is 67.6 cm³/mol. The third kappa shape index (κ3) is 3.86. The van der Waals surface area contributed by atoms with Crippen molar-refractivity contribution in [2.24, 2.45) is 0 Å². The minimum absolute atomic E-state index is 0.0695. The van der Waals surface area contributed by atoms with Gasteiger partial charge in [-0.05, 0) is 51.3 Å². The second-order valence-electron chi connectivity index (χ2n) is 5.52. The molecule has 0 aromatic heterocycles.